The first-order valence-corrected chi connectivity index (χ1v) is 12.7. The highest BCUT2D eigenvalue weighted by Crippen LogP contribution is 2.47. The molecule has 1 fully saturated rings. The zero-order valence-corrected chi connectivity index (χ0v) is 17.1. The average Bonchev–Trinajstić information content (AvgIpc) is 3.08. The molecule has 27 heavy (non-hydrogen) atoms. The number of benzene rings is 3. The molecule has 1 atom stereocenters. The van der Waals surface area contributed by atoms with E-state index in [1.54, 1.807) is 16.3 Å². The van der Waals surface area contributed by atoms with Gasteiger partial charge < -0.3 is 0 Å². The molecular weight excluding hydrogens is 340 g/mol. The van der Waals surface area contributed by atoms with Gasteiger partial charge in [-0.25, -0.2) is 0 Å². The van der Waals surface area contributed by atoms with Gasteiger partial charge >= 0.3 is 0 Å². The first-order valence-electron chi connectivity index (χ1n) is 10.6. The van der Waals surface area contributed by atoms with Crippen molar-refractivity contribution < 1.29 is 0 Å². The maximum Gasteiger partial charge on any atom is 0.0835 e. The second-order valence-corrected chi connectivity index (χ2v) is 11.4. The van der Waals surface area contributed by atoms with Crippen LogP contribution < -0.4 is 5.19 Å². The molecule has 0 bridgehead atoms. The van der Waals surface area contributed by atoms with Crippen molar-refractivity contribution in [1.29, 1.82) is 0 Å². The first-order chi connectivity index (χ1) is 13.4. The second kappa shape index (κ2) is 7.48. The maximum absolute atomic E-state index is 2.42. The Morgan fingerprint density at radius 1 is 0.630 bits per heavy atom. The molecule has 2 aliphatic carbocycles. The minimum absolute atomic E-state index is 0.627. The van der Waals surface area contributed by atoms with Crippen LogP contribution in [0.1, 0.15) is 48.8 Å². The normalized spacial score (nSPS) is 18.1. The Labute approximate surface area is 164 Å². The number of hydrogen-bond acceptors (Lipinski definition) is 0. The fourth-order valence-corrected chi connectivity index (χ4v) is 9.86. The fourth-order valence-electron chi connectivity index (χ4n) is 5.57. The summed E-state index contributed by atoms with van der Waals surface area (Å²) in [4.78, 5) is 0. The van der Waals surface area contributed by atoms with Gasteiger partial charge in [0.1, 0.15) is 0 Å². The van der Waals surface area contributed by atoms with Crippen molar-refractivity contribution in [2.24, 2.45) is 5.92 Å². The smallest absolute Gasteiger partial charge is 0.0633 e. The summed E-state index contributed by atoms with van der Waals surface area (Å²) in [6.07, 6.45) is 7.23. The average molecular weight is 369 g/mol. The molecule has 1 unspecified atom stereocenters. The Hall–Kier alpha value is -2.12. The third kappa shape index (κ3) is 3.19. The first kappa shape index (κ1) is 17.0. The van der Waals surface area contributed by atoms with Crippen LogP contribution >= 0.6 is 0 Å². The van der Waals surface area contributed by atoms with E-state index in [4.69, 9.17) is 0 Å². The summed E-state index contributed by atoms with van der Waals surface area (Å²) in [5.41, 5.74) is 6.78. The molecule has 3 aromatic rings. The largest absolute Gasteiger partial charge is 0.0835 e. The Bertz CT molecular complexity index is 863. The predicted molar refractivity (Wildman–Crippen MR) is 118 cm³/mol. The minimum Gasteiger partial charge on any atom is -0.0633 e. The highest BCUT2D eigenvalue weighted by Gasteiger charge is 2.37. The van der Waals surface area contributed by atoms with Gasteiger partial charge in [-0.05, 0) is 28.2 Å². The molecule has 0 N–H and O–H groups in total. The molecule has 0 aliphatic heterocycles. The molecule has 0 aromatic heterocycles. The van der Waals surface area contributed by atoms with Gasteiger partial charge in [-0.1, -0.05) is 122 Å². The van der Waals surface area contributed by atoms with Gasteiger partial charge in [0.25, 0.3) is 0 Å². The topological polar surface area (TPSA) is 0 Å². The lowest BCUT2D eigenvalue weighted by molar-refractivity contribution is 0.383. The second-order valence-electron chi connectivity index (χ2n) is 8.41. The van der Waals surface area contributed by atoms with Crippen LogP contribution in [0.5, 0.6) is 0 Å². The van der Waals surface area contributed by atoms with E-state index < -0.39 is 8.80 Å². The third-order valence-electron chi connectivity index (χ3n) is 6.82. The Balaban J connectivity index is 1.61. The van der Waals surface area contributed by atoms with Crippen molar-refractivity contribution in [2.45, 2.75) is 43.7 Å². The number of rotatable bonds is 4. The summed E-state index contributed by atoms with van der Waals surface area (Å²) in [7, 11) is -1.19. The van der Waals surface area contributed by atoms with E-state index >= 15 is 0 Å². The van der Waals surface area contributed by atoms with Crippen LogP contribution in [0.4, 0.5) is 0 Å². The van der Waals surface area contributed by atoms with E-state index in [9.17, 15) is 0 Å². The van der Waals surface area contributed by atoms with E-state index in [-0.39, 0.29) is 0 Å². The van der Waals surface area contributed by atoms with Crippen molar-refractivity contribution in [3.63, 3.8) is 0 Å². The lowest BCUT2D eigenvalue weighted by Gasteiger charge is -2.30. The Morgan fingerprint density at radius 2 is 1.19 bits per heavy atom. The highest BCUT2D eigenvalue weighted by molar-refractivity contribution is 6.75. The quantitative estimate of drug-likeness (QED) is 0.492. The predicted octanol–water partition coefficient (Wildman–Crippen LogP) is 6.05. The maximum atomic E-state index is 2.42. The molecule has 5 rings (SSSR count). The van der Waals surface area contributed by atoms with E-state index in [0.717, 1.165) is 5.92 Å². The van der Waals surface area contributed by atoms with Gasteiger partial charge in [-0.3, -0.25) is 0 Å². The van der Waals surface area contributed by atoms with E-state index in [0.29, 0.717) is 5.54 Å². The van der Waals surface area contributed by atoms with Gasteiger partial charge in [-0.15, -0.1) is 0 Å². The Kier molecular flexibility index (Phi) is 4.71. The molecule has 0 nitrogen and oxygen atoms in total. The van der Waals surface area contributed by atoms with Crippen LogP contribution in [0.3, 0.4) is 0 Å². The molecule has 136 valence electrons. The van der Waals surface area contributed by atoms with Crippen LogP contribution in [-0.4, -0.2) is 8.80 Å². The van der Waals surface area contributed by atoms with Gasteiger partial charge in [0.15, 0.2) is 0 Å². The van der Waals surface area contributed by atoms with E-state index in [2.05, 4.69) is 78.9 Å². The molecule has 0 radical (unpaired) electrons. The van der Waals surface area contributed by atoms with Crippen molar-refractivity contribution in [3.05, 3.63) is 90.0 Å². The van der Waals surface area contributed by atoms with Crippen molar-refractivity contribution >= 4 is 14.0 Å². The summed E-state index contributed by atoms with van der Waals surface area (Å²) in [5.74, 6) is 0.940. The monoisotopic (exact) mass is 368 g/mol. The Morgan fingerprint density at radius 3 is 1.81 bits per heavy atom. The molecule has 1 saturated carbocycles. The SMILES string of the molecule is c1ccc([SiH](CC2CCCCC2)C2c3ccccc3-c3ccccc32)cc1. The van der Waals surface area contributed by atoms with Crippen molar-refractivity contribution in [3.8, 4) is 11.1 Å². The molecule has 3 aromatic carbocycles. The standard InChI is InChI=1S/C26H28Si/c1-3-11-20(12-4-1)19-27(21-13-5-2-6-14-21)26-24-17-9-7-15-22(24)23-16-8-10-18-25(23)26/h2,5-10,13-18,20,26-27H,1,3-4,11-12,19H2. The minimum atomic E-state index is -1.19. The molecule has 0 heterocycles. The van der Waals surface area contributed by atoms with Crippen LogP contribution in [0.15, 0.2) is 78.9 Å². The molecule has 2 aliphatic rings. The lowest BCUT2D eigenvalue weighted by atomic mass is 9.91. The number of hydrogen-bond donors (Lipinski definition) is 0. The zero-order chi connectivity index (χ0) is 18.1. The summed E-state index contributed by atoms with van der Waals surface area (Å²) in [6, 6.07) is 31.4. The van der Waals surface area contributed by atoms with E-state index in [1.165, 1.54) is 49.3 Å². The molecule has 0 saturated heterocycles. The summed E-state index contributed by atoms with van der Waals surface area (Å²) in [5, 5.41) is 1.65. The van der Waals surface area contributed by atoms with Crippen LogP contribution in [-0.2, 0) is 0 Å². The van der Waals surface area contributed by atoms with Crippen LogP contribution in [0.25, 0.3) is 11.1 Å². The van der Waals surface area contributed by atoms with Crippen molar-refractivity contribution in [2.75, 3.05) is 0 Å². The van der Waals surface area contributed by atoms with E-state index in [1.807, 2.05) is 0 Å². The van der Waals surface area contributed by atoms with Crippen LogP contribution in [0, 0.1) is 5.92 Å². The van der Waals surface area contributed by atoms with Gasteiger partial charge in [-0.2, -0.15) is 0 Å². The van der Waals surface area contributed by atoms with Gasteiger partial charge in [0, 0.05) is 5.54 Å². The van der Waals surface area contributed by atoms with Crippen molar-refractivity contribution in [1.82, 2.24) is 0 Å². The molecule has 0 amide bonds. The molecular formula is C26H28Si. The summed E-state index contributed by atoms with van der Waals surface area (Å²) >= 11 is 0. The lowest BCUT2D eigenvalue weighted by Crippen LogP contribution is -2.38. The van der Waals surface area contributed by atoms with Gasteiger partial charge in [0.05, 0.1) is 8.80 Å². The molecule has 1 heteroatoms. The summed E-state index contributed by atoms with van der Waals surface area (Å²) in [6.45, 7) is 0. The third-order valence-corrected chi connectivity index (χ3v) is 10.8. The molecule has 0 spiro atoms. The number of fused-ring (bicyclic) bond motifs is 3. The van der Waals surface area contributed by atoms with Crippen LogP contribution in [0.2, 0.25) is 6.04 Å². The van der Waals surface area contributed by atoms with Gasteiger partial charge in [0.2, 0.25) is 0 Å². The summed E-state index contributed by atoms with van der Waals surface area (Å²) < 4.78 is 0. The fraction of sp³-hybridized carbons (Fsp3) is 0.308. The highest BCUT2D eigenvalue weighted by atomic mass is 28.3. The zero-order valence-electron chi connectivity index (χ0n) is 16.0.